The molecule has 1 N–H and O–H groups in total. The fourth-order valence-electron chi connectivity index (χ4n) is 2.94. The number of nitrogens with zero attached hydrogens (tertiary/aromatic N) is 1. The van der Waals surface area contributed by atoms with Crippen LogP contribution in [0, 0.1) is 5.41 Å². The molecule has 1 aliphatic heterocycles. The fourth-order valence-corrected chi connectivity index (χ4v) is 2.94. The lowest BCUT2D eigenvalue weighted by Gasteiger charge is -2.39. The van der Waals surface area contributed by atoms with Crippen molar-refractivity contribution in [2.45, 2.75) is 12.8 Å². The van der Waals surface area contributed by atoms with Gasteiger partial charge in [0.15, 0.2) is 18.1 Å². The smallest absolute Gasteiger partial charge is 0.313 e. The quantitative estimate of drug-likeness (QED) is 0.810. The molecular formula is C17H23NO6. The number of carbonyl (C=O) groups excluding carboxylic acids is 1. The molecule has 0 bridgehead atoms. The number of carboxylic acids is 1. The molecule has 1 amide bonds. The van der Waals surface area contributed by atoms with E-state index in [0.29, 0.717) is 30.9 Å². The first-order valence-electron chi connectivity index (χ1n) is 7.78. The summed E-state index contributed by atoms with van der Waals surface area (Å²) in [5.74, 6) is -0.162. The van der Waals surface area contributed by atoms with Crippen LogP contribution in [-0.2, 0) is 14.3 Å². The Hall–Kier alpha value is -2.28. The zero-order valence-corrected chi connectivity index (χ0v) is 14.0. The minimum absolute atomic E-state index is 0.0828. The Balaban J connectivity index is 2.00. The van der Waals surface area contributed by atoms with Gasteiger partial charge in [-0.2, -0.15) is 0 Å². The topological polar surface area (TPSA) is 85.3 Å². The molecule has 2 rings (SSSR count). The maximum atomic E-state index is 12.4. The normalized spacial score (nSPS) is 20.5. The molecule has 7 heteroatoms. The summed E-state index contributed by atoms with van der Waals surface area (Å²) in [5, 5.41) is 9.53. The van der Waals surface area contributed by atoms with Crippen molar-refractivity contribution in [3.8, 4) is 11.5 Å². The summed E-state index contributed by atoms with van der Waals surface area (Å²) in [7, 11) is 3.00. The number of carboxylic acid groups (broad SMARTS) is 1. The van der Waals surface area contributed by atoms with Gasteiger partial charge in [-0.05, 0) is 25.0 Å². The summed E-state index contributed by atoms with van der Waals surface area (Å²) in [4.78, 5) is 25.6. The van der Waals surface area contributed by atoms with Crippen molar-refractivity contribution in [3.63, 3.8) is 0 Å². The molecule has 7 nitrogen and oxygen atoms in total. The number of amides is 1. The first-order valence-corrected chi connectivity index (χ1v) is 7.78. The number of aliphatic carboxylic acids is 1. The molecule has 1 atom stereocenters. The average Bonchev–Trinajstić information content (AvgIpc) is 2.60. The summed E-state index contributed by atoms with van der Waals surface area (Å²) in [6, 6.07) is 7.06. The number of piperidine rings is 1. The second-order valence-electron chi connectivity index (χ2n) is 5.88. The molecule has 0 spiro atoms. The van der Waals surface area contributed by atoms with E-state index in [-0.39, 0.29) is 25.7 Å². The first-order chi connectivity index (χ1) is 11.5. The van der Waals surface area contributed by atoms with Gasteiger partial charge < -0.3 is 24.2 Å². The van der Waals surface area contributed by atoms with Crippen molar-refractivity contribution in [2.75, 3.05) is 40.5 Å². The number of likely N-dealkylation sites (tertiary alicyclic amines) is 1. The number of hydrogen-bond acceptors (Lipinski definition) is 5. The third-order valence-corrected chi connectivity index (χ3v) is 4.22. The van der Waals surface area contributed by atoms with Crippen molar-refractivity contribution in [3.05, 3.63) is 24.3 Å². The Kier molecular flexibility index (Phi) is 6.03. The maximum absolute atomic E-state index is 12.4. The average molecular weight is 337 g/mol. The van der Waals surface area contributed by atoms with Gasteiger partial charge in [0.2, 0.25) is 0 Å². The predicted octanol–water partition coefficient (Wildman–Crippen LogP) is 1.41. The van der Waals surface area contributed by atoms with Crippen molar-refractivity contribution in [1.82, 2.24) is 4.90 Å². The highest BCUT2D eigenvalue weighted by atomic mass is 16.5. The van der Waals surface area contributed by atoms with E-state index >= 15 is 0 Å². The maximum Gasteiger partial charge on any atom is 0.313 e. The van der Waals surface area contributed by atoms with E-state index in [4.69, 9.17) is 14.2 Å². The Bertz CT molecular complexity index is 586. The summed E-state index contributed by atoms with van der Waals surface area (Å²) >= 11 is 0. The van der Waals surface area contributed by atoms with Crippen molar-refractivity contribution >= 4 is 11.9 Å². The van der Waals surface area contributed by atoms with Crippen LogP contribution in [0.25, 0.3) is 0 Å². The molecule has 0 aromatic heterocycles. The molecule has 1 unspecified atom stereocenters. The first kappa shape index (κ1) is 18.1. The molecule has 0 saturated carbocycles. The van der Waals surface area contributed by atoms with Crippen LogP contribution in [-0.4, -0.2) is 62.4 Å². The highest BCUT2D eigenvalue weighted by molar-refractivity contribution is 5.80. The van der Waals surface area contributed by atoms with Crippen LogP contribution >= 0.6 is 0 Å². The number of hydrogen-bond donors (Lipinski definition) is 1. The Morgan fingerprint density at radius 2 is 1.96 bits per heavy atom. The van der Waals surface area contributed by atoms with Crippen LogP contribution in [0.15, 0.2) is 24.3 Å². The van der Waals surface area contributed by atoms with Gasteiger partial charge >= 0.3 is 5.97 Å². The van der Waals surface area contributed by atoms with E-state index in [9.17, 15) is 14.7 Å². The van der Waals surface area contributed by atoms with Crippen LogP contribution in [0.1, 0.15) is 12.8 Å². The molecule has 0 radical (unpaired) electrons. The molecule has 1 saturated heterocycles. The number of rotatable bonds is 7. The van der Waals surface area contributed by atoms with Crippen LogP contribution in [0.2, 0.25) is 0 Å². The number of methoxy groups -OCH3 is 2. The zero-order chi connectivity index (χ0) is 17.6. The van der Waals surface area contributed by atoms with Gasteiger partial charge in [0, 0.05) is 20.2 Å². The summed E-state index contributed by atoms with van der Waals surface area (Å²) < 4.78 is 15.8. The lowest BCUT2D eigenvalue weighted by molar-refractivity contribution is -0.159. The molecule has 0 aliphatic carbocycles. The van der Waals surface area contributed by atoms with Crippen molar-refractivity contribution < 1.29 is 28.9 Å². The number of ether oxygens (including phenoxy) is 3. The van der Waals surface area contributed by atoms with Crippen LogP contribution in [0.5, 0.6) is 11.5 Å². The van der Waals surface area contributed by atoms with Gasteiger partial charge in [0.05, 0.1) is 13.7 Å². The summed E-state index contributed by atoms with van der Waals surface area (Å²) in [5.41, 5.74) is -1.05. The lowest BCUT2D eigenvalue weighted by Crippen LogP contribution is -2.53. The minimum Gasteiger partial charge on any atom is -0.493 e. The summed E-state index contributed by atoms with van der Waals surface area (Å²) in [6.45, 7) is 0.569. The van der Waals surface area contributed by atoms with E-state index in [1.165, 1.54) is 19.1 Å². The van der Waals surface area contributed by atoms with Crippen molar-refractivity contribution in [1.29, 1.82) is 0 Å². The molecule has 1 aliphatic rings. The highest BCUT2D eigenvalue weighted by Gasteiger charge is 2.43. The Morgan fingerprint density at radius 1 is 1.25 bits per heavy atom. The van der Waals surface area contributed by atoms with Gasteiger partial charge in [0.1, 0.15) is 5.41 Å². The number of benzene rings is 1. The van der Waals surface area contributed by atoms with Gasteiger partial charge in [0.25, 0.3) is 5.91 Å². The van der Waals surface area contributed by atoms with E-state index in [1.54, 1.807) is 18.2 Å². The second-order valence-corrected chi connectivity index (χ2v) is 5.88. The zero-order valence-electron chi connectivity index (χ0n) is 14.0. The molecule has 24 heavy (non-hydrogen) atoms. The number of carbonyl (C=O) groups is 2. The Morgan fingerprint density at radius 3 is 2.58 bits per heavy atom. The SMILES string of the molecule is COCC1(C(=O)O)CCCN(C(=O)COc2ccccc2OC)C1. The minimum atomic E-state index is -1.05. The lowest BCUT2D eigenvalue weighted by atomic mass is 9.80. The van der Waals surface area contributed by atoms with Crippen LogP contribution in [0.3, 0.4) is 0 Å². The fraction of sp³-hybridized carbons (Fsp3) is 0.529. The standard InChI is InChI=1S/C17H23NO6/c1-22-12-17(16(20)21)8-5-9-18(11-17)15(19)10-24-14-7-4-3-6-13(14)23-2/h3-4,6-7H,5,8-12H2,1-2H3,(H,20,21). The van der Waals surface area contributed by atoms with Crippen LogP contribution < -0.4 is 9.47 Å². The molecular weight excluding hydrogens is 314 g/mol. The second kappa shape index (κ2) is 8.01. The molecule has 1 aromatic rings. The molecule has 132 valence electrons. The largest absolute Gasteiger partial charge is 0.493 e. The predicted molar refractivity (Wildman–Crippen MR) is 86.2 cm³/mol. The molecule has 1 heterocycles. The van der Waals surface area contributed by atoms with E-state index in [0.717, 1.165) is 0 Å². The third-order valence-electron chi connectivity index (χ3n) is 4.22. The van der Waals surface area contributed by atoms with Gasteiger partial charge in [-0.15, -0.1) is 0 Å². The van der Waals surface area contributed by atoms with Crippen LogP contribution in [0.4, 0.5) is 0 Å². The molecule has 1 aromatic carbocycles. The molecule has 1 fully saturated rings. The van der Waals surface area contributed by atoms with E-state index < -0.39 is 11.4 Å². The summed E-state index contributed by atoms with van der Waals surface area (Å²) in [6.07, 6.45) is 1.11. The van der Waals surface area contributed by atoms with Gasteiger partial charge in [-0.3, -0.25) is 9.59 Å². The van der Waals surface area contributed by atoms with Gasteiger partial charge in [-0.25, -0.2) is 0 Å². The number of para-hydroxylation sites is 2. The van der Waals surface area contributed by atoms with E-state index in [1.807, 2.05) is 6.07 Å². The third kappa shape index (κ3) is 3.97. The Labute approximate surface area is 141 Å². The highest BCUT2D eigenvalue weighted by Crippen LogP contribution is 2.31. The van der Waals surface area contributed by atoms with E-state index in [2.05, 4.69) is 0 Å². The van der Waals surface area contributed by atoms with Crippen molar-refractivity contribution in [2.24, 2.45) is 5.41 Å². The monoisotopic (exact) mass is 337 g/mol. The van der Waals surface area contributed by atoms with Gasteiger partial charge in [-0.1, -0.05) is 12.1 Å².